The summed E-state index contributed by atoms with van der Waals surface area (Å²) in [4.78, 5) is 13.8. The van der Waals surface area contributed by atoms with Gasteiger partial charge in [0.25, 0.3) is 0 Å². The van der Waals surface area contributed by atoms with Crippen LogP contribution in [0.5, 0.6) is 0 Å². The van der Waals surface area contributed by atoms with E-state index in [0.29, 0.717) is 43.7 Å². The van der Waals surface area contributed by atoms with Gasteiger partial charge in [-0.05, 0) is 55.0 Å². The number of hydrogen-bond donors (Lipinski definition) is 1. The molecule has 0 radical (unpaired) electrons. The molecular formula is C27H30F6N2O3. The number of likely N-dealkylation sites (tertiary alicyclic amines) is 1. The first kappa shape index (κ1) is 29.5. The Hall–Kier alpha value is -3.05. The molecule has 1 aliphatic heterocycles. The zero-order valence-electron chi connectivity index (χ0n) is 21.0. The molecule has 0 saturated carbocycles. The number of piperidine rings is 1. The third-order valence-electron chi connectivity index (χ3n) is 6.79. The number of hydrogen-bond acceptors (Lipinski definition) is 4. The van der Waals surface area contributed by atoms with Gasteiger partial charge in [0.15, 0.2) is 0 Å². The van der Waals surface area contributed by atoms with Crippen LogP contribution in [0, 0.1) is 5.92 Å². The molecule has 0 aromatic heterocycles. The summed E-state index contributed by atoms with van der Waals surface area (Å²) < 4.78 is 91.8. The molecule has 11 heteroatoms. The molecule has 1 aliphatic rings. The Morgan fingerprint density at radius 3 is 2.18 bits per heavy atom. The lowest BCUT2D eigenvalue weighted by Gasteiger charge is -2.50. The van der Waals surface area contributed by atoms with Crippen molar-refractivity contribution in [2.45, 2.75) is 43.8 Å². The number of nitrogens with zero attached hydrogens (tertiary/aromatic N) is 1. The van der Waals surface area contributed by atoms with E-state index in [0.717, 1.165) is 0 Å². The van der Waals surface area contributed by atoms with Gasteiger partial charge in [-0.1, -0.05) is 36.9 Å². The van der Waals surface area contributed by atoms with E-state index in [-0.39, 0.29) is 29.9 Å². The van der Waals surface area contributed by atoms with Gasteiger partial charge in [-0.15, -0.1) is 0 Å². The van der Waals surface area contributed by atoms with Gasteiger partial charge in [-0.3, -0.25) is 9.69 Å². The lowest BCUT2D eigenvalue weighted by atomic mass is 9.76. The molecule has 1 heterocycles. The zero-order chi connectivity index (χ0) is 28.3. The van der Waals surface area contributed by atoms with Crippen LogP contribution in [0.25, 0.3) is 0 Å². The number of primary amides is 1. The average molecular weight is 545 g/mol. The fourth-order valence-corrected chi connectivity index (χ4v) is 5.00. The highest BCUT2D eigenvalue weighted by molar-refractivity contribution is 5.76. The summed E-state index contributed by atoms with van der Waals surface area (Å²) in [5.74, 6) is -0.476. The fraction of sp³-hybridized carbons (Fsp3) is 0.444. The predicted octanol–water partition coefficient (Wildman–Crippen LogP) is 6.05. The van der Waals surface area contributed by atoms with Gasteiger partial charge in [0, 0.05) is 13.7 Å². The summed E-state index contributed by atoms with van der Waals surface area (Å²) in [6, 6.07) is 10.3. The Balaban J connectivity index is 2.04. The first-order valence-corrected chi connectivity index (χ1v) is 11.9. The molecule has 2 N–H and O–H groups in total. The molecule has 1 amide bonds. The van der Waals surface area contributed by atoms with Gasteiger partial charge in [0.1, 0.15) is 17.4 Å². The van der Waals surface area contributed by atoms with E-state index < -0.39 is 41.0 Å². The number of nitrogens with two attached hydrogens (primary N) is 1. The monoisotopic (exact) mass is 544 g/mol. The standard InChI is InChI=1S/C27H30F6N2O3/c1-17(20-11-22(26(28,29)30)13-23(12-20)27(31,32)33)38-18(2)25(21-7-5-4-6-8-21)10-9-19(16-37-3)14-35(25)15-24(34)36/h4-8,11-13,17,19H,2,9-10,14-16H2,1,3H3,(H2,34,36)/t17-,19+,25-/m1/s1. The molecule has 1 fully saturated rings. The van der Waals surface area contributed by atoms with E-state index in [1.165, 1.54) is 6.92 Å². The number of alkyl halides is 6. The van der Waals surface area contributed by atoms with Crippen LogP contribution in [0.15, 0.2) is 60.9 Å². The third-order valence-corrected chi connectivity index (χ3v) is 6.79. The molecule has 1 saturated heterocycles. The molecule has 3 rings (SSSR count). The Bertz CT molecular complexity index is 1100. The maximum Gasteiger partial charge on any atom is 0.416 e. The lowest BCUT2D eigenvalue weighted by Crippen LogP contribution is -2.56. The molecule has 0 aliphatic carbocycles. The minimum absolute atomic E-state index is 0.0548. The van der Waals surface area contributed by atoms with Crippen LogP contribution in [0.4, 0.5) is 26.3 Å². The minimum atomic E-state index is -4.99. The van der Waals surface area contributed by atoms with Gasteiger partial charge < -0.3 is 15.2 Å². The van der Waals surface area contributed by atoms with E-state index in [1.54, 1.807) is 42.3 Å². The largest absolute Gasteiger partial charge is 0.489 e. The van der Waals surface area contributed by atoms with Crippen molar-refractivity contribution in [2.75, 3.05) is 26.8 Å². The second-order valence-electron chi connectivity index (χ2n) is 9.46. The Morgan fingerprint density at radius 1 is 1.11 bits per heavy atom. The zero-order valence-corrected chi connectivity index (χ0v) is 21.0. The second-order valence-corrected chi connectivity index (χ2v) is 9.46. The number of rotatable bonds is 9. The molecule has 0 unspecified atom stereocenters. The van der Waals surface area contributed by atoms with Gasteiger partial charge in [0.2, 0.25) is 5.91 Å². The highest BCUT2D eigenvalue weighted by Crippen LogP contribution is 2.46. The van der Waals surface area contributed by atoms with Crippen LogP contribution in [0.1, 0.15) is 48.1 Å². The Labute approximate surface area is 217 Å². The van der Waals surface area contributed by atoms with Gasteiger partial charge in [0.05, 0.1) is 24.3 Å². The maximum atomic E-state index is 13.4. The van der Waals surface area contributed by atoms with E-state index in [2.05, 4.69) is 6.58 Å². The minimum Gasteiger partial charge on any atom is -0.489 e. The van der Waals surface area contributed by atoms with Gasteiger partial charge >= 0.3 is 12.4 Å². The maximum absolute atomic E-state index is 13.4. The number of amides is 1. The van der Waals surface area contributed by atoms with Crippen molar-refractivity contribution >= 4 is 5.91 Å². The summed E-state index contributed by atoms with van der Waals surface area (Å²) in [5.41, 5.74) is 1.97. The van der Waals surface area contributed by atoms with Crippen molar-refractivity contribution in [3.05, 3.63) is 83.1 Å². The molecule has 3 atom stereocenters. The first-order valence-electron chi connectivity index (χ1n) is 11.9. The summed E-state index contributed by atoms with van der Waals surface area (Å²) in [7, 11) is 1.56. The quantitative estimate of drug-likeness (QED) is 0.308. The second kappa shape index (κ2) is 11.4. The number of carbonyl (C=O) groups is 1. The van der Waals surface area contributed by atoms with Crippen LogP contribution < -0.4 is 5.73 Å². The number of benzene rings is 2. The van der Waals surface area contributed by atoms with Crippen LogP contribution in [0.3, 0.4) is 0 Å². The third kappa shape index (κ3) is 6.50. The molecule has 2 aromatic rings. The van der Waals surface area contributed by atoms with Crippen LogP contribution in [0.2, 0.25) is 0 Å². The molecule has 38 heavy (non-hydrogen) atoms. The summed E-state index contributed by atoms with van der Waals surface area (Å²) in [6.45, 7) is 6.06. The van der Waals surface area contributed by atoms with Gasteiger partial charge in [-0.25, -0.2) is 0 Å². The summed E-state index contributed by atoms with van der Waals surface area (Å²) in [6.07, 6.45) is -10.2. The number of halogens is 6. The van der Waals surface area contributed by atoms with E-state index in [9.17, 15) is 31.1 Å². The smallest absolute Gasteiger partial charge is 0.416 e. The van der Waals surface area contributed by atoms with E-state index in [1.807, 2.05) is 0 Å². The Kier molecular flexibility index (Phi) is 8.82. The van der Waals surface area contributed by atoms with Crippen LogP contribution in [-0.2, 0) is 32.2 Å². The molecule has 2 aromatic carbocycles. The van der Waals surface area contributed by atoms with Crippen molar-refractivity contribution in [3.63, 3.8) is 0 Å². The van der Waals surface area contributed by atoms with Crippen molar-refractivity contribution < 1.29 is 40.6 Å². The number of methoxy groups -OCH3 is 1. The molecular weight excluding hydrogens is 514 g/mol. The summed E-state index contributed by atoms with van der Waals surface area (Å²) >= 11 is 0. The van der Waals surface area contributed by atoms with Gasteiger partial charge in [-0.2, -0.15) is 26.3 Å². The summed E-state index contributed by atoms with van der Waals surface area (Å²) in [5, 5.41) is 0. The highest BCUT2D eigenvalue weighted by Gasteiger charge is 2.47. The van der Waals surface area contributed by atoms with E-state index in [4.69, 9.17) is 15.2 Å². The average Bonchev–Trinajstić information content (AvgIpc) is 2.83. The lowest BCUT2D eigenvalue weighted by molar-refractivity contribution is -0.143. The normalized spacial score (nSPS) is 21.6. The van der Waals surface area contributed by atoms with Crippen LogP contribution in [-0.4, -0.2) is 37.6 Å². The van der Waals surface area contributed by atoms with Crippen molar-refractivity contribution in [2.24, 2.45) is 11.7 Å². The molecule has 208 valence electrons. The molecule has 5 nitrogen and oxygen atoms in total. The molecule has 0 spiro atoms. The van der Waals surface area contributed by atoms with E-state index >= 15 is 0 Å². The first-order chi connectivity index (χ1) is 17.7. The Morgan fingerprint density at radius 2 is 1.68 bits per heavy atom. The van der Waals surface area contributed by atoms with Crippen LogP contribution >= 0.6 is 0 Å². The fourth-order valence-electron chi connectivity index (χ4n) is 5.00. The predicted molar refractivity (Wildman–Crippen MR) is 129 cm³/mol. The van der Waals surface area contributed by atoms with Crippen molar-refractivity contribution in [1.82, 2.24) is 4.90 Å². The SMILES string of the molecule is C=C(O[C@H](C)c1cc(C(F)(F)F)cc(C(F)(F)F)c1)[C@@]1(c2ccccc2)CC[C@H](COC)CN1CC(N)=O. The number of carbonyl (C=O) groups excluding carboxylic acids is 1. The topological polar surface area (TPSA) is 64.8 Å². The molecule has 0 bridgehead atoms. The highest BCUT2D eigenvalue weighted by atomic mass is 19.4. The van der Waals surface area contributed by atoms with Crippen molar-refractivity contribution in [3.8, 4) is 0 Å². The van der Waals surface area contributed by atoms with Crippen molar-refractivity contribution in [1.29, 1.82) is 0 Å². The number of ether oxygens (including phenoxy) is 2.